The van der Waals surface area contributed by atoms with Gasteiger partial charge in [-0.25, -0.2) is 4.98 Å². The second-order valence-electron chi connectivity index (χ2n) is 4.80. The zero-order chi connectivity index (χ0) is 12.1. The Hall–Kier alpha value is -1.09. The molecule has 1 heterocycles. The molecule has 1 unspecified atom stereocenters. The SMILES string of the molecule is CNC(CCC(C)C)c1cc(C)cnc1N. The van der Waals surface area contributed by atoms with Gasteiger partial charge in [-0.2, -0.15) is 0 Å². The molecule has 0 aromatic carbocycles. The molecule has 0 bridgehead atoms. The minimum atomic E-state index is 0.315. The number of aryl methyl sites for hydroxylation is 1. The Morgan fingerprint density at radius 1 is 1.38 bits per heavy atom. The van der Waals surface area contributed by atoms with E-state index in [1.807, 2.05) is 20.2 Å². The van der Waals surface area contributed by atoms with Gasteiger partial charge < -0.3 is 11.1 Å². The highest BCUT2D eigenvalue weighted by Gasteiger charge is 2.13. The zero-order valence-corrected chi connectivity index (χ0v) is 10.7. The molecule has 0 amide bonds. The van der Waals surface area contributed by atoms with Crippen LogP contribution < -0.4 is 11.1 Å². The molecule has 0 saturated carbocycles. The number of nitrogens with two attached hydrogens (primary N) is 1. The summed E-state index contributed by atoms with van der Waals surface area (Å²) in [5.41, 5.74) is 8.21. The lowest BCUT2D eigenvalue weighted by atomic mass is 9.97. The van der Waals surface area contributed by atoms with Crippen molar-refractivity contribution in [3.63, 3.8) is 0 Å². The molecule has 0 aliphatic carbocycles. The number of pyridine rings is 1. The van der Waals surface area contributed by atoms with Gasteiger partial charge in [0.15, 0.2) is 0 Å². The van der Waals surface area contributed by atoms with E-state index in [-0.39, 0.29) is 0 Å². The molecule has 1 aromatic rings. The van der Waals surface area contributed by atoms with E-state index >= 15 is 0 Å². The molecule has 0 spiro atoms. The minimum Gasteiger partial charge on any atom is -0.383 e. The lowest BCUT2D eigenvalue weighted by molar-refractivity contribution is 0.465. The third-order valence-electron chi connectivity index (χ3n) is 2.84. The molecule has 90 valence electrons. The van der Waals surface area contributed by atoms with Crippen LogP contribution in [-0.2, 0) is 0 Å². The van der Waals surface area contributed by atoms with Gasteiger partial charge >= 0.3 is 0 Å². The predicted molar refractivity (Wildman–Crippen MR) is 69.3 cm³/mol. The summed E-state index contributed by atoms with van der Waals surface area (Å²) >= 11 is 0. The van der Waals surface area contributed by atoms with Crippen LogP contribution in [0.5, 0.6) is 0 Å². The molecule has 0 aliphatic rings. The number of nitrogens with one attached hydrogen (secondary N) is 1. The van der Waals surface area contributed by atoms with E-state index in [2.05, 4.69) is 30.2 Å². The fraction of sp³-hybridized carbons (Fsp3) is 0.615. The first-order valence-corrected chi connectivity index (χ1v) is 5.94. The fourth-order valence-corrected chi connectivity index (χ4v) is 1.84. The van der Waals surface area contributed by atoms with E-state index < -0.39 is 0 Å². The van der Waals surface area contributed by atoms with E-state index in [1.54, 1.807) is 0 Å². The van der Waals surface area contributed by atoms with Crippen LogP contribution in [0, 0.1) is 12.8 Å². The summed E-state index contributed by atoms with van der Waals surface area (Å²) in [6.07, 6.45) is 4.11. The summed E-state index contributed by atoms with van der Waals surface area (Å²) in [5.74, 6) is 1.36. The van der Waals surface area contributed by atoms with Crippen LogP contribution in [0.25, 0.3) is 0 Å². The molecule has 16 heavy (non-hydrogen) atoms. The van der Waals surface area contributed by atoms with E-state index in [4.69, 9.17) is 5.73 Å². The van der Waals surface area contributed by atoms with Crippen LogP contribution in [-0.4, -0.2) is 12.0 Å². The van der Waals surface area contributed by atoms with Gasteiger partial charge in [0.05, 0.1) is 0 Å². The van der Waals surface area contributed by atoms with Crippen molar-refractivity contribution in [1.29, 1.82) is 0 Å². The number of hydrogen-bond donors (Lipinski definition) is 2. The van der Waals surface area contributed by atoms with Crippen LogP contribution in [0.4, 0.5) is 5.82 Å². The molecule has 3 N–H and O–H groups in total. The number of hydrogen-bond acceptors (Lipinski definition) is 3. The van der Waals surface area contributed by atoms with Gasteiger partial charge in [0.25, 0.3) is 0 Å². The standard InChI is InChI=1S/C13H23N3/c1-9(2)5-6-12(15-4)11-7-10(3)8-16-13(11)14/h7-9,12,15H,5-6H2,1-4H3,(H2,14,16). The van der Waals surface area contributed by atoms with Crippen LogP contribution >= 0.6 is 0 Å². The first kappa shape index (κ1) is 13.0. The second-order valence-corrected chi connectivity index (χ2v) is 4.80. The summed E-state index contributed by atoms with van der Waals surface area (Å²) in [6, 6.07) is 2.44. The fourth-order valence-electron chi connectivity index (χ4n) is 1.84. The molecule has 1 atom stereocenters. The van der Waals surface area contributed by atoms with Gasteiger partial charge in [-0.15, -0.1) is 0 Å². The molecule has 0 radical (unpaired) electrons. The van der Waals surface area contributed by atoms with E-state index in [9.17, 15) is 0 Å². The van der Waals surface area contributed by atoms with Gasteiger partial charge in [-0.05, 0) is 44.4 Å². The maximum Gasteiger partial charge on any atom is 0.128 e. The molecule has 1 rings (SSSR count). The maximum absolute atomic E-state index is 5.92. The number of rotatable bonds is 5. The third-order valence-corrected chi connectivity index (χ3v) is 2.84. The lowest BCUT2D eigenvalue weighted by Crippen LogP contribution is -2.19. The topological polar surface area (TPSA) is 50.9 Å². The van der Waals surface area contributed by atoms with Crippen molar-refractivity contribution in [3.8, 4) is 0 Å². The van der Waals surface area contributed by atoms with E-state index in [0.717, 1.165) is 23.5 Å². The number of nitrogens with zero attached hydrogens (tertiary/aromatic N) is 1. The van der Waals surface area contributed by atoms with Gasteiger partial charge in [-0.1, -0.05) is 13.8 Å². The smallest absolute Gasteiger partial charge is 0.128 e. The highest BCUT2D eigenvalue weighted by Crippen LogP contribution is 2.24. The highest BCUT2D eigenvalue weighted by atomic mass is 14.9. The van der Waals surface area contributed by atoms with Crippen LogP contribution in [0.1, 0.15) is 43.9 Å². The molecule has 3 heteroatoms. The summed E-state index contributed by atoms with van der Waals surface area (Å²) in [4.78, 5) is 4.21. The monoisotopic (exact) mass is 221 g/mol. The number of anilines is 1. The van der Waals surface area contributed by atoms with Crippen molar-refractivity contribution >= 4 is 5.82 Å². The van der Waals surface area contributed by atoms with Crippen molar-refractivity contribution < 1.29 is 0 Å². The Bertz CT molecular complexity index is 334. The molecular weight excluding hydrogens is 198 g/mol. The van der Waals surface area contributed by atoms with Crippen LogP contribution in [0.15, 0.2) is 12.3 Å². The van der Waals surface area contributed by atoms with Crippen LogP contribution in [0.2, 0.25) is 0 Å². The Labute approximate surface area is 98.5 Å². The van der Waals surface area contributed by atoms with Crippen LogP contribution in [0.3, 0.4) is 0 Å². The maximum atomic E-state index is 5.92. The molecule has 0 saturated heterocycles. The predicted octanol–water partition coefficient (Wildman–Crippen LogP) is 2.67. The van der Waals surface area contributed by atoms with Gasteiger partial charge in [0.2, 0.25) is 0 Å². The van der Waals surface area contributed by atoms with Crippen molar-refractivity contribution in [2.24, 2.45) is 5.92 Å². The Morgan fingerprint density at radius 3 is 2.62 bits per heavy atom. The summed E-state index contributed by atoms with van der Waals surface area (Å²) in [5, 5.41) is 3.32. The van der Waals surface area contributed by atoms with Crippen molar-refractivity contribution in [3.05, 3.63) is 23.4 Å². The first-order valence-electron chi connectivity index (χ1n) is 5.94. The zero-order valence-electron chi connectivity index (χ0n) is 10.7. The molecule has 0 aliphatic heterocycles. The van der Waals surface area contributed by atoms with E-state index in [1.165, 1.54) is 6.42 Å². The molecule has 1 aromatic heterocycles. The van der Waals surface area contributed by atoms with Crippen molar-refractivity contribution in [1.82, 2.24) is 10.3 Å². The largest absolute Gasteiger partial charge is 0.383 e. The molecule has 3 nitrogen and oxygen atoms in total. The lowest BCUT2D eigenvalue weighted by Gasteiger charge is -2.19. The summed E-state index contributed by atoms with van der Waals surface area (Å²) in [7, 11) is 1.98. The molecule has 0 fully saturated rings. The Morgan fingerprint density at radius 2 is 2.06 bits per heavy atom. The van der Waals surface area contributed by atoms with Crippen molar-refractivity contribution in [2.45, 2.75) is 39.7 Å². The quantitative estimate of drug-likeness (QED) is 0.803. The van der Waals surface area contributed by atoms with Gasteiger partial charge in [0, 0.05) is 17.8 Å². The van der Waals surface area contributed by atoms with Gasteiger partial charge in [0.1, 0.15) is 5.82 Å². The first-order chi connectivity index (χ1) is 7.54. The average Bonchev–Trinajstić information content (AvgIpc) is 2.23. The van der Waals surface area contributed by atoms with E-state index in [0.29, 0.717) is 11.9 Å². The number of aromatic nitrogens is 1. The highest BCUT2D eigenvalue weighted by molar-refractivity contribution is 5.42. The minimum absolute atomic E-state index is 0.315. The normalized spacial score (nSPS) is 13.1. The summed E-state index contributed by atoms with van der Waals surface area (Å²) < 4.78 is 0. The average molecular weight is 221 g/mol. The second kappa shape index (κ2) is 5.85. The Kier molecular flexibility index (Phi) is 4.74. The third kappa shape index (κ3) is 3.49. The Balaban J connectivity index is 2.81. The molecular formula is C13H23N3. The summed E-state index contributed by atoms with van der Waals surface area (Å²) in [6.45, 7) is 6.53. The van der Waals surface area contributed by atoms with Crippen molar-refractivity contribution in [2.75, 3.05) is 12.8 Å². The van der Waals surface area contributed by atoms with Gasteiger partial charge in [-0.3, -0.25) is 0 Å². The number of nitrogen functional groups attached to an aromatic ring is 1.